The van der Waals surface area contributed by atoms with Gasteiger partial charge in [-0.15, -0.1) is 0 Å². The molecule has 2 fully saturated rings. The van der Waals surface area contributed by atoms with Crippen LogP contribution in [0.1, 0.15) is 33.6 Å². The number of nitrogens with two attached hydrogens (primary N) is 1. The number of halogens is 1. The summed E-state index contributed by atoms with van der Waals surface area (Å²) in [7, 11) is 0. The predicted octanol–water partition coefficient (Wildman–Crippen LogP) is 2.30. The van der Waals surface area contributed by atoms with Crippen molar-refractivity contribution in [2.45, 2.75) is 68.9 Å². The minimum absolute atomic E-state index is 0.0390. The number of thioether (sulfide) groups is 1. The summed E-state index contributed by atoms with van der Waals surface area (Å²) in [5, 5.41) is 13.3. The van der Waals surface area contributed by atoms with Gasteiger partial charge in [-0.1, -0.05) is 30.3 Å². The SMILES string of the molecule is CCCSc1nc(Cl)c(N)c(N[C@@H]2C[C@@H](OCCO)[C@H]3OC(C)(C)O[C@H]32)n1. The number of nitrogens with one attached hydrogen (secondary N) is 1. The first kappa shape index (κ1) is 20.9. The van der Waals surface area contributed by atoms with E-state index in [1.165, 1.54) is 11.8 Å². The third-order valence-electron chi connectivity index (χ3n) is 4.47. The molecule has 3 rings (SSSR count). The monoisotopic (exact) mass is 418 g/mol. The van der Waals surface area contributed by atoms with Gasteiger partial charge >= 0.3 is 0 Å². The number of anilines is 2. The predicted molar refractivity (Wildman–Crippen MR) is 105 cm³/mol. The maximum atomic E-state index is 9.08. The van der Waals surface area contributed by atoms with Gasteiger partial charge in [0, 0.05) is 5.75 Å². The summed E-state index contributed by atoms with van der Waals surface area (Å²) in [6.45, 7) is 6.06. The molecule has 8 nitrogen and oxygen atoms in total. The van der Waals surface area contributed by atoms with Gasteiger partial charge in [-0.3, -0.25) is 0 Å². The zero-order valence-corrected chi connectivity index (χ0v) is 17.3. The van der Waals surface area contributed by atoms with Crippen LogP contribution in [0, 0.1) is 0 Å². The van der Waals surface area contributed by atoms with Crippen molar-refractivity contribution in [3.8, 4) is 0 Å². The summed E-state index contributed by atoms with van der Waals surface area (Å²) in [5.74, 6) is 0.692. The van der Waals surface area contributed by atoms with E-state index in [4.69, 9.17) is 36.7 Å². The highest BCUT2D eigenvalue weighted by molar-refractivity contribution is 7.99. The Morgan fingerprint density at radius 1 is 1.37 bits per heavy atom. The molecule has 0 bridgehead atoms. The van der Waals surface area contributed by atoms with Crippen molar-refractivity contribution in [2.24, 2.45) is 0 Å². The van der Waals surface area contributed by atoms with E-state index in [-0.39, 0.29) is 42.7 Å². The molecule has 10 heteroatoms. The summed E-state index contributed by atoms with van der Waals surface area (Å²) in [5.41, 5.74) is 6.41. The smallest absolute Gasteiger partial charge is 0.191 e. The molecule has 0 unspecified atom stereocenters. The van der Waals surface area contributed by atoms with Crippen molar-refractivity contribution in [1.82, 2.24) is 9.97 Å². The number of hydrogen-bond donors (Lipinski definition) is 3. The van der Waals surface area contributed by atoms with Crippen LogP contribution in [-0.4, -0.2) is 64.2 Å². The Morgan fingerprint density at radius 2 is 2.11 bits per heavy atom. The van der Waals surface area contributed by atoms with Crippen LogP contribution in [-0.2, 0) is 14.2 Å². The summed E-state index contributed by atoms with van der Waals surface area (Å²) in [6, 6.07) is -0.113. The first-order chi connectivity index (χ1) is 12.8. The number of fused-ring (bicyclic) bond motifs is 1. The number of ether oxygens (including phenoxy) is 3. The van der Waals surface area contributed by atoms with E-state index in [0.29, 0.717) is 23.1 Å². The minimum atomic E-state index is -0.701. The van der Waals surface area contributed by atoms with E-state index in [1.807, 2.05) is 13.8 Å². The van der Waals surface area contributed by atoms with Crippen LogP contribution in [0.3, 0.4) is 0 Å². The zero-order valence-electron chi connectivity index (χ0n) is 15.8. The number of aliphatic hydroxyl groups excluding tert-OH is 1. The molecule has 1 saturated heterocycles. The Hall–Kier alpha value is -0.840. The van der Waals surface area contributed by atoms with Crippen LogP contribution in [0.5, 0.6) is 0 Å². The maximum absolute atomic E-state index is 9.08. The normalized spacial score (nSPS) is 29.1. The highest BCUT2D eigenvalue weighted by Gasteiger charge is 2.54. The number of rotatable bonds is 8. The lowest BCUT2D eigenvalue weighted by atomic mass is 10.2. The Balaban J connectivity index is 1.79. The molecule has 0 spiro atoms. The molecule has 152 valence electrons. The van der Waals surface area contributed by atoms with E-state index in [0.717, 1.165) is 12.2 Å². The molecule has 4 atom stereocenters. The second-order valence-corrected chi connectivity index (χ2v) is 8.51. The Kier molecular flexibility index (Phi) is 6.70. The molecule has 1 aromatic rings. The Labute approximate surface area is 168 Å². The lowest BCUT2D eigenvalue weighted by molar-refractivity contribution is -0.167. The van der Waals surface area contributed by atoms with Gasteiger partial charge in [-0.25, -0.2) is 9.97 Å². The van der Waals surface area contributed by atoms with Crippen LogP contribution in [0.25, 0.3) is 0 Å². The van der Waals surface area contributed by atoms with Crippen molar-refractivity contribution in [3.63, 3.8) is 0 Å². The molecule has 1 aliphatic carbocycles. The second kappa shape index (κ2) is 8.67. The molecule has 1 aliphatic heterocycles. The van der Waals surface area contributed by atoms with Crippen LogP contribution in [0.15, 0.2) is 5.16 Å². The summed E-state index contributed by atoms with van der Waals surface area (Å²) in [6.07, 6.45) is 1.02. The van der Waals surface area contributed by atoms with E-state index in [2.05, 4.69) is 22.2 Å². The summed E-state index contributed by atoms with van der Waals surface area (Å²) >= 11 is 7.73. The van der Waals surface area contributed by atoms with Gasteiger partial charge in [-0.05, 0) is 26.7 Å². The first-order valence-corrected chi connectivity index (χ1v) is 10.5. The molecular formula is C17H27ClN4O4S. The molecule has 2 aliphatic rings. The maximum Gasteiger partial charge on any atom is 0.191 e. The zero-order chi connectivity index (χ0) is 19.6. The highest BCUT2D eigenvalue weighted by Crippen LogP contribution is 2.41. The average molecular weight is 419 g/mol. The van der Waals surface area contributed by atoms with Gasteiger partial charge in [0.1, 0.15) is 17.9 Å². The quantitative estimate of drug-likeness (QED) is 0.332. The largest absolute Gasteiger partial charge is 0.394 e. The molecule has 1 saturated carbocycles. The van der Waals surface area contributed by atoms with Crippen LogP contribution in [0.4, 0.5) is 11.5 Å². The Morgan fingerprint density at radius 3 is 2.81 bits per heavy atom. The average Bonchev–Trinajstić information content (AvgIpc) is 3.09. The molecule has 27 heavy (non-hydrogen) atoms. The molecule has 2 heterocycles. The van der Waals surface area contributed by atoms with E-state index >= 15 is 0 Å². The topological polar surface area (TPSA) is 112 Å². The van der Waals surface area contributed by atoms with Gasteiger partial charge in [0.25, 0.3) is 0 Å². The van der Waals surface area contributed by atoms with Crippen LogP contribution < -0.4 is 11.1 Å². The van der Waals surface area contributed by atoms with Crippen molar-refractivity contribution in [1.29, 1.82) is 0 Å². The molecule has 4 N–H and O–H groups in total. The second-order valence-electron chi connectivity index (χ2n) is 7.09. The van der Waals surface area contributed by atoms with Gasteiger partial charge in [0.05, 0.1) is 25.4 Å². The number of aromatic nitrogens is 2. The molecule has 0 radical (unpaired) electrons. The summed E-state index contributed by atoms with van der Waals surface area (Å²) < 4.78 is 17.9. The molecule has 0 amide bonds. The van der Waals surface area contributed by atoms with Crippen molar-refractivity contribution >= 4 is 34.9 Å². The standard InChI is InChI=1S/C17H27ClN4O4S/c1-4-7-27-16-21-14(18)11(19)15(22-16)20-9-8-10(24-6-5-23)13-12(9)25-17(2,3)26-13/h9-10,12-13,23H,4-8,19H2,1-3H3,(H,20,21,22)/t9-,10-,12+,13-/m1/s1. The lowest BCUT2D eigenvalue weighted by Crippen LogP contribution is -2.35. The van der Waals surface area contributed by atoms with Crippen molar-refractivity contribution in [3.05, 3.63) is 5.15 Å². The minimum Gasteiger partial charge on any atom is -0.394 e. The van der Waals surface area contributed by atoms with Gasteiger partial charge in [0.15, 0.2) is 21.9 Å². The number of hydrogen-bond acceptors (Lipinski definition) is 9. The fourth-order valence-electron chi connectivity index (χ4n) is 3.41. The van der Waals surface area contributed by atoms with Gasteiger partial charge < -0.3 is 30.4 Å². The summed E-state index contributed by atoms with van der Waals surface area (Å²) in [4.78, 5) is 8.76. The van der Waals surface area contributed by atoms with Gasteiger partial charge in [0.2, 0.25) is 0 Å². The van der Waals surface area contributed by atoms with Crippen LogP contribution in [0.2, 0.25) is 5.15 Å². The van der Waals surface area contributed by atoms with E-state index in [1.54, 1.807) is 0 Å². The highest BCUT2D eigenvalue weighted by atomic mass is 35.5. The third-order valence-corrected chi connectivity index (χ3v) is 5.81. The van der Waals surface area contributed by atoms with Gasteiger partial charge in [-0.2, -0.15) is 0 Å². The van der Waals surface area contributed by atoms with E-state index < -0.39 is 5.79 Å². The Bertz CT molecular complexity index is 666. The number of nitrogens with zero attached hydrogens (tertiary/aromatic N) is 2. The third kappa shape index (κ3) is 4.78. The van der Waals surface area contributed by atoms with Crippen LogP contribution >= 0.6 is 23.4 Å². The molecular weight excluding hydrogens is 392 g/mol. The molecule has 0 aromatic carbocycles. The van der Waals surface area contributed by atoms with E-state index in [9.17, 15) is 0 Å². The number of nitrogen functional groups attached to an aromatic ring is 1. The fourth-order valence-corrected chi connectivity index (χ4v) is 4.33. The fraction of sp³-hybridized carbons (Fsp3) is 0.765. The molecule has 1 aromatic heterocycles. The lowest BCUT2D eigenvalue weighted by Gasteiger charge is -2.24. The number of aliphatic hydroxyl groups is 1. The first-order valence-electron chi connectivity index (χ1n) is 9.15. The van der Waals surface area contributed by atoms with Crippen molar-refractivity contribution < 1.29 is 19.3 Å². The van der Waals surface area contributed by atoms with Crippen molar-refractivity contribution in [2.75, 3.05) is 30.0 Å².